The van der Waals surface area contributed by atoms with Gasteiger partial charge in [-0.15, -0.1) is 6.42 Å². The van der Waals surface area contributed by atoms with E-state index in [9.17, 15) is 4.79 Å². The van der Waals surface area contributed by atoms with Gasteiger partial charge in [-0.05, 0) is 41.8 Å². The summed E-state index contributed by atoms with van der Waals surface area (Å²) >= 11 is 0. The van der Waals surface area contributed by atoms with E-state index in [2.05, 4.69) is 21.5 Å². The largest absolute Gasteiger partial charge is 0.481 e. The number of hydrogen-bond donors (Lipinski definition) is 2. The van der Waals surface area contributed by atoms with Crippen LogP contribution in [0.3, 0.4) is 0 Å². The number of terminal acetylenes is 1. The number of hydrogen-bond acceptors (Lipinski definition) is 3. The Kier molecular flexibility index (Phi) is 6.48. The smallest absolute Gasteiger partial charge is 0.315 e. The molecule has 2 N–H and O–H groups in total. The van der Waals surface area contributed by atoms with Crippen molar-refractivity contribution < 1.29 is 9.53 Å². The number of benzene rings is 1. The zero-order valence-corrected chi connectivity index (χ0v) is 12.8. The Morgan fingerprint density at radius 2 is 1.83 bits per heavy atom. The lowest BCUT2D eigenvalue weighted by atomic mass is 10.1. The molecule has 0 bridgehead atoms. The summed E-state index contributed by atoms with van der Waals surface area (Å²) in [5.74, 6) is 3.17. The lowest BCUT2D eigenvalue weighted by Crippen LogP contribution is -2.36. The number of nitrogens with zero attached hydrogens (tertiary/aromatic N) is 1. The fraction of sp³-hybridized carbons (Fsp3) is 0.222. The second kappa shape index (κ2) is 9.11. The highest BCUT2D eigenvalue weighted by Crippen LogP contribution is 2.12. The first kappa shape index (κ1) is 16.4. The van der Waals surface area contributed by atoms with Crippen LogP contribution < -0.4 is 15.4 Å². The van der Waals surface area contributed by atoms with Crippen LogP contribution in [0, 0.1) is 12.3 Å². The van der Waals surface area contributed by atoms with Crippen LogP contribution in [-0.2, 0) is 13.0 Å². The topological polar surface area (TPSA) is 63.2 Å². The molecule has 0 aliphatic carbocycles. The molecule has 0 unspecified atom stereocenters. The summed E-state index contributed by atoms with van der Waals surface area (Å²) in [6.07, 6.45) is 9.29. The molecule has 0 saturated heterocycles. The molecule has 2 amide bonds. The highest BCUT2D eigenvalue weighted by molar-refractivity contribution is 5.73. The molecule has 0 spiro atoms. The number of aromatic nitrogens is 1. The van der Waals surface area contributed by atoms with Gasteiger partial charge in [-0.25, -0.2) is 4.79 Å². The van der Waals surface area contributed by atoms with E-state index in [-0.39, 0.29) is 12.6 Å². The van der Waals surface area contributed by atoms with Crippen LogP contribution in [0.1, 0.15) is 11.1 Å². The summed E-state index contributed by atoms with van der Waals surface area (Å²) < 4.78 is 5.31. The van der Waals surface area contributed by atoms with Crippen molar-refractivity contribution in [2.45, 2.75) is 13.0 Å². The number of amides is 2. The SMILES string of the molecule is C#CCOc1ccc(CCNC(=O)NCc2ccncc2)cc1. The van der Waals surface area contributed by atoms with Crippen LogP contribution in [0.2, 0.25) is 0 Å². The third-order valence-corrected chi connectivity index (χ3v) is 3.15. The van der Waals surface area contributed by atoms with Crippen molar-refractivity contribution >= 4 is 6.03 Å². The first-order valence-corrected chi connectivity index (χ1v) is 7.34. The van der Waals surface area contributed by atoms with Gasteiger partial charge in [-0.1, -0.05) is 18.1 Å². The zero-order valence-electron chi connectivity index (χ0n) is 12.8. The van der Waals surface area contributed by atoms with Crippen molar-refractivity contribution in [3.05, 3.63) is 59.9 Å². The third kappa shape index (κ3) is 6.10. The van der Waals surface area contributed by atoms with Crippen LogP contribution in [0.5, 0.6) is 5.75 Å². The molecule has 0 radical (unpaired) electrons. The minimum atomic E-state index is -0.184. The van der Waals surface area contributed by atoms with Crippen LogP contribution >= 0.6 is 0 Å². The van der Waals surface area contributed by atoms with Crippen LogP contribution in [0.15, 0.2) is 48.8 Å². The van der Waals surface area contributed by atoms with Gasteiger partial charge in [0, 0.05) is 25.5 Å². The molecule has 1 heterocycles. The molecule has 0 aliphatic heterocycles. The molecule has 0 fully saturated rings. The Balaban J connectivity index is 1.66. The molecule has 0 saturated carbocycles. The maximum atomic E-state index is 11.7. The van der Waals surface area contributed by atoms with E-state index in [4.69, 9.17) is 11.2 Å². The Bertz CT molecular complexity index is 648. The fourth-order valence-corrected chi connectivity index (χ4v) is 1.94. The normalized spacial score (nSPS) is 9.70. The summed E-state index contributed by atoms with van der Waals surface area (Å²) in [7, 11) is 0. The molecular formula is C18H19N3O2. The molecule has 118 valence electrons. The van der Waals surface area contributed by atoms with Crippen molar-refractivity contribution in [1.29, 1.82) is 0 Å². The van der Waals surface area contributed by atoms with E-state index in [1.807, 2.05) is 36.4 Å². The Morgan fingerprint density at radius 3 is 2.52 bits per heavy atom. The van der Waals surface area contributed by atoms with E-state index >= 15 is 0 Å². The second-order valence-corrected chi connectivity index (χ2v) is 4.85. The van der Waals surface area contributed by atoms with E-state index in [1.165, 1.54) is 0 Å². The van der Waals surface area contributed by atoms with Crippen molar-refractivity contribution in [2.75, 3.05) is 13.2 Å². The number of rotatable bonds is 7. The van der Waals surface area contributed by atoms with Crippen molar-refractivity contribution in [2.24, 2.45) is 0 Å². The van der Waals surface area contributed by atoms with E-state index in [0.29, 0.717) is 13.1 Å². The highest BCUT2D eigenvalue weighted by atomic mass is 16.5. The standard InChI is InChI=1S/C18H19N3O2/c1-2-13-23-17-5-3-15(4-6-17)9-12-20-18(22)21-14-16-7-10-19-11-8-16/h1,3-8,10-11H,9,12-14H2,(H2,20,21,22). The Morgan fingerprint density at radius 1 is 1.09 bits per heavy atom. The van der Waals surface area contributed by atoms with Gasteiger partial charge < -0.3 is 15.4 Å². The Labute approximate surface area is 136 Å². The van der Waals surface area contributed by atoms with E-state index < -0.39 is 0 Å². The summed E-state index contributed by atoms with van der Waals surface area (Å²) in [6, 6.07) is 11.2. The number of urea groups is 1. The number of carbonyl (C=O) groups excluding carboxylic acids is 1. The third-order valence-electron chi connectivity index (χ3n) is 3.15. The highest BCUT2D eigenvalue weighted by Gasteiger charge is 2.01. The van der Waals surface area contributed by atoms with Crippen molar-refractivity contribution in [3.63, 3.8) is 0 Å². The Hall–Kier alpha value is -3.00. The zero-order chi connectivity index (χ0) is 16.3. The first-order valence-electron chi connectivity index (χ1n) is 7.34. The van der Waals surface area contributed by atoms with Crippen LogP contribution in [-0.4, -0.2) is 24.2 Å². The number of nitrogens with one attached hydrogen (secondary N) is 2. The molecule has 2 aromatic rings. The number of pyridine rings is 1. The molecule has 5 nitrogen and oxygen atoms in total. The molecule has 0 atom stereocenters. The minimum absolute atomic E-state index is 0.184. The molecule has 1 aromatic heterocycles. The molecule has 23 heavy (non-hydrogen) atoms. The lowest BCUT2D eigenvalue weighted by molar-refractivity contribution is 0.240. The fourth-order valence-electron chi connectivity index (χ4n) is 1.94. The van der Waals surface area contributed by atoms with E-state index in [0.717, 1.165) is 23.3 Å². The van der Waals surface area contributed by atoms with Crippen molar-refractivity contribution in [1.82, 2.24) is 15.6 Å². The minimum Gasteiger partial charge on any atom is -0.481 e. The molecule has 1 aromatic carbocycles. The number of carbonyl (C=O) groups is 1. The number of ether oxygens (including phenoxy) is 1. The lowest BCUT2D eigenvalue weighted by Gasteiger charge is -2.08. The summed E-state index contributed by atoms with van der Waals surface area (Å²) in [5.41, 5.74) is 2.13. The van der Waals surface area contributed by atoms with Crippen LogP contribution in [0.25, 0.3) is 0 Å². The monoisotopic (exact) mass is 309 g/mol. The molecule has 0 aliphatic rings. The summed E-state index contributed by atoms with van der Waals surface area (Å²) in [5, 5.41) is 5.63. The molecular weight excluding hydrogens is 290 g/mol. The maximum Gasteiger partial charge on any atom is 0.315 e. The maximum absolute atomic E-state index is 11.7. The van der Waals surface area contributed by atoms with Gasteiger partial charge in [-0.3, -0.25) is 4.98 Å². The van der Waals surface area contributed by atoms with Gasteiger partial charge in [0.25, 0.3) is 0 Å². The summed E-state index contributed by atoms with van der Waals surface area (Å²) in [4.78, 5) is 15.6. The van der Waals surface area contributed by atoms with Gasteiger partial charge >= 0.3 is 6.03 Å². The van der Waals surface area contributed by atoms with Gasteiger partial charge in [0.2, 0.25) is 0 Å². The van der Waals surface area contributed by atoms with Crippen LogP contribution in [0.4, 0.5) is 4.79 Å². The second-order valence-electron chi connectivity index (χ2n) is 4.85. The van der Waals surface area contributed by atoms with E-state index in [1.54, 1.807) is 12.4 Å². The van der Waals surface area contributed by atoms with Gasteiger partial charge in [0.05, 0.1) is 0 Å². The average molecular weight is 309 g/mol. The summed E-state index contributed by atoms with van der Waals surface area (Å²) in [6.45, 7) is 1.31. The molecule has 2 rings (SSSR count). The first-order chi connectivity index (χ1) is 11.3. The molecule has 5 heteroatoms. The average Bonchev–Trinajstić information content (AvgIpc) is 2.60. The quantitative estimate of drug-likeness (QED) is 0.770. The predicted molar refractivity (Wildman–Crippen MR) is 88.9 cm³/mol. The predicted octanol–water partition coefficient (Wildman–Crippen LogP) is 2.14. The van der Waals surface area contributed by atoms with Gasteiger partial charge in [0.15, 0.2) is 0 Å². The van der Waals surface area contributed by atoms with Gasteiger partial charge in [-0.2, -0.15) is 0 Å². The van der Waals surface area contributed by atoms with Crippen molar-refractivity contribution in [3.8, 4) is 18.1 Å². The van der Waals surface area contributed by atoms with Gasteiger partial charge in [0.1, 0.15) is 12.4 Å².